The van der Waals surface area contributed by atoms with Crippen LogP contribution in [0.2, 0.25) is 0 Å². The number of amides is 1. The van der Waals surface area contributed by atoms with E-state index < -0.39 is 5.72 Å². The second kappa shape index (κ2) is 2.48. The molecule has 64 valence electrons. The van der Waals surface area contributed by atoms with Crippen molar-refractivity contribution >= 4 is 5.91 Å². The molecule has 0 N–H and O–H groups in total. The summed E-state index contributed by atoms with van der Waals surface area (Å²) in [4.78, 5) is 12.8. The third kappa shape index (κ3) is 1.53. The van der Waals surface area contributed by atoms with Crippen molar-refractivity contribution in [2.45, 2.75) is 39.5 Å². The SMILES string of the molecule is CC(=O)N1CC(C)OC1(C)C. The van der Waals surface area contributed by atoms with Gasteiger partial charge in [0.1, 0.15) is 5.72 Å². The first kappa shape index (κ1) is 8.53. The first-order valence-corrected chi connectivity index (χ1v) is 3.89. The van der Waals surface area contributed by atoms with Crippen molar-refractivity contribution in [3.05, 3.63) is 0 Å². The molecular formula is C8H15NO2. The molecule has 1 aliphatic heterocycles. The largest absolute Gasteiger partial charge is 0.351 e. The topological polar surface area (TPSA) is 29.5 Å². The van der Waals surface area contributed by atoms with E-state index in [0.29, 0.717) is 6.54 Å². The van der Waals surface area contributed by atoms with E-state index in [2.05, 4.69) is 0 Å². The van der Waals surface area contributed by atoms with Crippen LogP contribution in [0.15, 0.2) is 0 Å². The Morgan fingerprint density at radius 2 is 2.18 bits per heavy atom. The predicted octanol–water partition coefficient (Wildman–Crippen LogP) is 0.990. The second-order valence-electron chi connectivity index (χ2n) is 3.50. The Kier molecular flexibility index (Phi) is 1.92. The van der Waals surface area contributed by atoms with E-state index >= 15 is 0 Å². The molecule has 1 aliphatic rings. The van der Waals surface area contributed by atoms with Crippen LogP contribution in [-0.2, 0) is 9.53 Å². The molecule has 11 heavy (non-hydrogen) atoms. The number of hydrogen-bond acceptors (Lipinski definition) is 2. The third-order valence-corrected chi connectivity index (χ3v) is 1.96. The van der Waals surface area contributed by atoms with Crippen molar-refractivity contribution in [1.82, 2.24) is 4.90 Å². The van der Waals surface area contributed by atoms with Gasteiger partial charge in [-0.25, -0.2) is 0 Å². The minimum absolute atomic E-state index is 0.0827. The van der Waals surface area contributed by atoms with Gasteiger partial charge in [0.15, 0.2) is 0 Å². The van der Waals surface area contributed by atoms with E-state index in [9.17, 15) is 4.79 Å². The lowest BCUT2D eigenvalue weighted by atomic mass is 10.2. The van der Waals surface area contributed by atoms with Crippen molar-refractivity contribution in [2.75, 3.05) is 6.54 Å². The Balaban J connectivity index is 2.74. The highest BCUT2D eigenvalue weighted by molar-refractivity contribution is 5.74. The van der Waals surface area contributed by atoms with E-state index in [-0.39, 0.29) is 12.0 Å². The Labute approximate surface area is 67.3 Å². The third-order valence-electron chi connectivity index (χ3n) is 1.96. The van der Waals surface area contributed by atoms with E-state index in [1.807, 2.05) is 20.8 Å². The van der Waals surface area contributed by atoms with E-state index in [4.69, 9.17) is 4.74 Å². The summed E-state index contributed by atoms with van der Waals surface area (Å²) in [5, 5.41) is 0. The maximum atomic E-state index is 11.1. The summed E-state index contributed by atoms with van der Waals surface area (Å²) in [6.45, 7) is 8.09. The maximum absolute atomic E-state index is 11.1. The Bertz CT molecular complexity index is 177. The Morgan fingerprint density at radius 1 is 1.64 bits per heavy atom. The number of carbonyl (C=O) groups is 1. The molecule has 1 heterocycles. The lowest BCUT2D eigenvalue weighted by molar-refractivity contribution is -0.142. The van der Waals surface area contributed by atoms with Crippen LogP contribution in [0.5, 0.6) is 0 Å². The van der Waals surface area contributed by atoms with Crippen LogP contribution < -0.4 is 0 Å². The molecule has 0 aromatic heterocycles. The zero-order valence-corrected chi connectivity index (χ0v) is 7.55. The molecule has 1 amide bonds. The standard InChI is InChI=1S/C8H15NO2/c1-6-5-9(7(2)10)8(3,4)11-6/h6H,5H2,1-4H3. The first-order chi connectivity index (χ1) is 4.93. The summed E-state index contributed by atoms with van der Waals surface area (Å²) in [5.41, 5.74) is -0.411. The monoisotopic (exact) mass is 157 g/mol. The van der Waals surface area contributed by atoms with Crippen molar-refractivity contribution in [2.24, 2.45) is 0 Å². The fraction of sp³-hybridized carbons (Fsp3) is 0.875. The summed E-state index contributed by atoms with van der Waals surface area (Å²) in [6.07, 6.45) is 0.161. The normalized spacial score (nSPS) is 29.1. The van der Waals surface area contributed by atoms with Gasteiger partial charge in [-0.2, -0.15) is 0 Å². The van der Waals surface area contributed by atoms with Gasteiger partial charge >= 0.3 is 0 Å². The quantitative estimate of drug-likeness (QED) is 0.524. The fourth-order valence-corrected chi connectivity index (χ4v) is 1.58. The van der Waals surface area contributed by atoms with Crippen LogP contribution in [0.4, 0.5) is 0 Å². The zero-order valence-electron chi connectivity index (χ0n) is 7.55. The highest BCUT2D eigenvalue weighted by atomic mass is 16.5. The molecule has 1 fully saturated rings. The van der Waals surface area contributed by atoms with Crippen LogP contribution in [0.1, 0.15) is 27.7 Å². The number of carbonyl (C=O) groups excluding carboxylic acids is 1. The molecular weight excluding hydrogens is 142 g/mol. The molecule has 0 saturated carbocycles. The molecule has 3 heteroatoms. The van der Waals surface area contributed by atoms with Gasteiger partial charge in [0.25, 0.3) is 0 Å². The number of nitrogens with zero attached hydrogens (tertiary/aromatic N) is 1. The highest BCUT2D eigenvalue weighted by Gasteiger charge is 2.38. The van der Waals surface area contributed by atoms with Crippen molar-refractivity contribution < 1.29 is 9.53 Å². The second-order valence-corrected chi connectivity index (χ2v) is 3.50. The lowest BCUT2D eigenvalue weighted by Crippen LogP contribution is -2.42. The average molecular weight is 157 g/mol. The summed E-state index contributed by atoms with van der Waals surface area (Å²) in [7, 11) is 0. The van der Waals surface area contributed by atoms with Gasteiger partial charge in [0.2, 0.25) is 5.91 Å². The molecule has 0 aromatic rings. The van der Waals surface area contributed by atoms with Crippen LogP contribution >= 0.6 is 0 Å². The summed E-state index contributed by atoms with van der Waals surface area (Å²) < 4.78 is 5.53. The van der Waals surface area contributed by atoms with Crippen LogP contribution in [0.3, 0.4) is 0 Å². The number of ether oxygens (including phenoxy) is 1. The zero-order chi connectivity index (χ0) is 8.65. The molecule has 0 radical (unpaired) electrons. The smallest absolute Gasteiger partial charge is 0.221 e. The van der Waals surface area contributed by atoms with E-state index in [1.165, 1.54) is 0 Å². The first-order valence-electron chi connectivity index (χ1n) is 3.89. The molecule has 1 unspecified atom stereocenters. The van der Waals surface area contributed by atoms with Crippen molar-refractivity contribution in [3.8, 4) is 0 Å². The van der Waals surface area contributed by atoms with Crippen LogP contribution in [-0.4, -0.2) is 29.2 Å². The summed E-state index contributed by atoms with van der Waals surface area (Å²) in [5.74, 6) is 0.0827. The lowest BCUT2D eigenvalue weighted by Gasteiger charge is -2.28. The molecule has 0 spiro atoms. The van der Waals surface area contributed by atoms with Gasteiger partial charge in [0, 0.05) is 13.5 Å². The number of hydrogen-bond donors (Lipinski definition) is 0. The predicted molar refractivity (Wildman–Crippen MR) is 42.0 cm³/mol. The number of rotatable bonds is 0. The molecule has 0 aliphatic carbocycles. The van der Waals surface area contributed by atoms with Crippen molar-refractivity contribution in [1.29, 1.82) is 0 Å². The van der Waals surface area contributed by atoms with Crippen LogP contribution in [0, 0.1) is 0 Å². The van der Waals surface area contributed by atoms with Gasteiger partial charge < -0.3 is 9.64 Å². The van der Waals surface area contributed by atoms with E-state index in [1.54, 1.807) is 11.8 Å². The van der Waals surface area contributed by atoms with Crippen LogP contribution in [0.25, 0.3) is 0 Å². The van der Waals surface area contributed by atoms with Gasteiger partial charge in [0.05, 0.1) is 6.10 Å². The Morgan fingerprint density at radius 3 is 2.36 bits per heavy atom. The molecule has 3 nitrogen and oxygen atoms in total. The Hall–Kier alpha value is -0.570. The highest BCUT2D eigenvalue weighted by Crippen LogP contribution is 2.25. The van der Waals surface area contributed by atoms with Crippen molar-refractivity contribution in [3.63, 3.8) is 0 Å². The molecule has 1 atom stereocenters. The molecule has 1 rings (SSSR count). The maximum Gasteiger partial charge on any atom is 0.221 e. The van der Waals surface area contributed by atoms with Gasteiger partial charge in [-0.1, -0.05) is 0 Å². The molecule has 0 bridgehead atoms. The van der Waals surface area contributed by atoms with Gasteiger partial charge in [-0.15, -0.1) is 0 Å². The van der Waals surface area contributed by atoms with Gasteiger partial charge in [-0.3, -0.25) is 4.79 Å². The van der Waals surface area contributed by atoms with Gasteiger partial charge in [-0.05, 0) is 20.8 Å². The summed E-state index contributed by atoms with van der Waals surface area (Å²) in [6, 6.07) is 0. The minimum Gasteiger partial charge on any atom is -0.351 e. The molecule has 1 saturated heterocycles. The molecule has 0 aromatic carbocycles. The fourth-order valence-electron chi connectivity index (χ4n) is 1.58. The van der Waals surface area contributed by atoms with E-state index in [0.717, 1.165) is 0 Å². The average Bonchev–Trinajstić information content (AvgIpc) is 2.04. The summed E-state index contributed by atoms with van der Waals surface area (Å²) >= 11 is 0. The minimum atomic E-state index is -0.411.